The summed E-state index contributed by atoms with van der Waals surface area (Å²) in [6.45, 7) is 0.997. The van der Waals surface area contributed by atoms with Crippen molar-refractivity contribution in [1.82, 2.24) is 5.32 Å². The van der Waals surface area contributed by atoms with Crippen molar-refractivity contribution in [1.29, 1.82) is 0 Å². The molecule has 2 nitrogen and oxygen atoms in total. The molecule has 5 atom stereocenters. The molecule has 3 bridgehead atoms. The molecule has 0 radical (unpaired) electrons. The standard InChI is InChI=1S/C16H21NO/c1-2-18-9-11(1)8-17-15-5-12-3-13-4-14(7-15)16(13,6-12)10-15/h1-2,9,12-14,17H,3-8,10H2. The first kappa shape index (κ1) is 10.1. The number of hydrogen-bond acceptors (Lipinski definition) is 2. The van der Waals surface area contributed by atoms with Crippen LogP contribution >= 0.6 is 0 Å². The Bertz CT molecular complexity index is 477. The Balaban J connectivity index is 1.41. The van der Waals surface area contributed by atoms with E-state index in [9.17, 15) is 0 Å². The molecule has 1 aromatic rings. The third-order valence-corrected chi connectivity index (χ3v) is 6.71. The second-order valence-electron chi connectivity index (χ2n) is 7.52. The summed E-state index contributed by atoms with van der Waals surface area (Å²) in [5, 5.41) is 3.92. The number of nitrogens with one attached hydrogen (secondary N) is 1. The molecular weight excluding hydrogens is 222 g/mol. The second-order valence-corrected chi connectivity index (χ2v) is 7.52. The maximum Gasteiger partial charge on any atom is 0.0947 e. The van der Waals surface area contributed by atoms with Gasteiger partial charge >= 0.3 is 0 Å². The maximum absolute atomic E-state index is 5.17. The van der Waals surface area contributed by atoms with Crippen molar-refractivity contribution in [3.63, 3.8) is 0 Å². The maximum atomic E-state index is 5.17. The summed E-state index contributed by atoms with van der Waals surface area (Å²) in [5.41, 5.74) is 2.58. The zero-order chi connectivity index (χ0) is 11.8. The molecular formula is C16H21NO. The fraction of sp³-hybridized carbons (Fsp3) is 0.750. The minimum absolute atomic E-state index is 0.482. The van der Waals surface area contributed by atoms with Gasteiger partial charge in [0, 0.05) is 17.6 Å². The number of rotatable bonds is 3. The van der Waals surface area contributed by atoms with Gasteiger partial charge in [0.1, 0.15) is 0 Å². The normalized spacial score (nSPS) is 51.4. The van der Waals surface area contributed by atoms with Crippen LogP contribution in [0.5, 0.6) is 0 Å². The van der Waals surface area contributed by atoms with Gasteiger partial charge < -0.3 is 9.73 Å². The Labute approximate surface area is 108 Å². The second kappa shape index (κ2) is 3.04. The molecule has 1 aromatic heterocycles. The summed E-state index contributed by atoms with van der Waals surface area (Å²) in [5.74, 6) is 3.20. The third kappa shape index (κ3) is 1.09. The van der Waals surface area contributed by atoms with E-state index in [2.05, 4.69) is 11.4 Å². The first-order valence-corrected chi connectivity index (χ1v) is 7.54. The topological polar surface area (TPSA) is 25.2 Å². The lowest BCUT2D eigenvalue weighted by Gasteiger charge is -2.49. The summed E-state index contributed by atoms with van der Waals surface area (Å²) < 4.78 is 5.17. The van der Waals surface area contributed by atoms with Gasteiger partial charge in [0.15, 0.2) is 0 Å². The molecule has 5 rings (SSSR count). The summed E-state index contributed by atoms with van der Waals surface area (Å²) in [6, 6.07) is 2.09. The summed E-state index contributed by atoms with van der Waals surface area (Å²) in [7, 11) is 0. The zero-order valence-corrected chi connectivity index (χ0v) is 10.8. The minimum Gasteiger partial charge on any atom is -0.472 e. The highest BCUT2D eigenvalue weighted by Gasteiger charge is 2.70. The van der Waals surface area contributed by atoms with E-state index in [1.807, 2.05) is 6.26 Å². The lowest BCUT2D eigenvalue weighted by Crippen LogP contribution is -2.47. The van der Waals surface area contributed by atoms with Crippen LogP contribution in [-0.4, -0.2) is 5.54 Å². The Morgan fingerprint density at radius 2 is 2.22 bits per heavy atom. The third-order valence-electron chi connectivity index (χ3n) is 6.71. The van der Waals surface area contributed by atoms with Crippen molar-refractivity contribution in [3.05, 3.63) is 24.2 Å². The molecule has 4 aliphatic carbocycles. The average molecular weight is 243 g/mol. The molecule has 0 aromatic carbocycles. The molecule has 0 aliphatic heterocycles. The zero-order valence-electron chi connectivity index (χ0n) is 10.8. The van der Waals surface area contributed by atoms with E-state index < -0.39 is 0 Å². The van der Waals surface area contributed by atoms with E-state index in [-0.39, 0.29) is 0 Å². The molecule has 1 heterocycles. The molecule has 18 heavy (non-hydrogen) atoms. The van der Waals surface area contributed by atoms with Gasteiger partial charge in [-0.25, -0.2) is 0 Å². The van der Waals surface area contributed by atoms with Gasteiger partial charge in [0.2, 0.25) is 0 Å². The molecule has 4 aliphatic rings. The van der Waals surface area contributed by atoms with Crippen LogP contribution in [0.25, 0.3) is 0 Å². The van der Waals surface area contributed by atoms with E-state index in [0.29, 0.717) is 5.54 Å². The van der Waals surface area contributed by atoms with E-state index in [1.165, 1.54) is 24.8 Å². The largest absolute Gasteiger partial charge is 0.472 e. The summed E-state index contributed by atoms with van der Waals surface area (Å²) >= 11 is 0. The highest BCUT2D eigenvalue weighted by molar-refractivity contribution is 5.23. The fourth-order valence-corrected chi connectivity index (χ4v) is 6.25. The van der Waals surface area contributed by atoms with E-state index >= 15 is 0 Å². The van der Waals surface area contributed by atoms with Gasteiger partial charge in [0.05, 0.1) is 12.5 Å². The van der Waals surface area contributed by atoms with Crippen molar-refractivity contribution in [2.45, 2.75) is 50.6 Å². The first-order valence-electron chi connectivity index (χ1n) is 7.54. The van der Waals surface area contributed by atoms with Crippen LogP contribution < -0.4 is 5.32 Å². The smallest absolute Gasteiger partial charge is 0.0947 e. The Kier molecular flexibility index (Phi) is 1.70. The van der Waals surface area contributed by atoms with E-state index in [1.54, 1.807) is 25.5 Å². The van der Waals surface area contributed by atoms with Gasteiger partial charge in [-0.05, 0) is 67.8 Å². The highest BCUT2D eigenvalue weighted by atomic mass is 16.3. The van der Waals surface area contributed by atoms with Crippen molar-refractivity contribution >= 4 is 0 Å². The van der Waals surface area contributed by atoms with E-state index in [4.69, 9.17) is 4.42 Å². The molecule has 4 fully saturated rings. The molecule has 4 saturated carbocycles. The molecule has 1 spiro atoms. The van der Waals surface area contributed by atoms with Crippen molar-refractivity contribution in [2.75, 3.05) is 0 Å². The SMILES string of the molecule is c1cc(CNC23CC4CC5CC(C2)C5(C4)C3)co1. The number of fused-ring (bicyclic) bond motifs is 2. The number of hydrogen-bond donors (Lipinski definition) is 1. The van der Waals surface area contributed by atoms with Crippen LogP contribution in [0.2, 0.25) is 0 Å². The van der Waals surface area contributed by atoms with Crippen LogP contribution in [0.3, 0.4) is 0 Å². The Morgan fingerprint density at radius 3 is 3.11 bits per heavy atom. The lowest BCUT2D eigenvalue weighted by molar-refractivity contribution is -0.000831. The molecule has 0 saturated heterocycles. The molecule has 2 heteroatoms. The average Bonchev–Trinajstić information content (AvgIpc) is 2.96. The Morgan fingerprint density at radius 1 is 1.22 bits per heavy atom. The van der Waals surface area contributed by atoms with E-state index in [0.717, 1.165) is 29.7 Å². The quantitative estimate of drug-likeness (QED) is 0.880. The minimum atomic E-state index is 0.482. The predicted octanol–water partition coefficient (Wildman–Crippen LogP) is 3.34. The highest BCUT2D eigenvalue weighted by Crippen LogP contribution is 2.76. The van der Waals surface area contributed by atoms with Crippen molar-refractivity contribution < 1.29 is 4.42 Å². The molecule has 5 unspecified atom stereocenters. The van der Waals surface area contributed by atoms with Gasteiger partial charge in [0.25, 0.3) is 0 Å². The van der Waals surface area contributed by atoms with Crippen LogP contribution in [0.4, 0.5) is 0 Å². The molecule has 1 N–H and O–H groups in total. The van der Waals surface area contributed by atoms with Crippen molar-refractivity contribution in [2.24, 2.45) is 23.2 Å². The first-order chi connectivity index (χ1) is 8.78. The van der Waals surface area contributed by atoms with Crippen LogP contribution in [0, 0.1) is 23.2 Å². The fourth-order valence-electron chi connectivity index (χ4n) is 6.25. The van der Waals surface area contributed by atoms with Crippen LogP contribution in [0.1, 0.15) is 44.1 Å². The van der Waals surface area contributed by atoms with Gasteiger partial charge in [-0.15, -0.1) is 0 Å². The summed E-state index contributed by atoms with van der Waals surface area (Å²) in [4.78, 5) is 0. The summed E-state index contributed by atoms with van der Waals surface area (Å²) in [6.07, 6.45) is 12.7. The van der Waals surface area contributed by atoms with Crippen LogP contribution in [0.15, 0.2) is 23.0 Å². The van der Waals surface area contributed by atoms with Crippen molar-refractivity contribution in [3.8, 4) is 0 Å². The molecule has 96 valence electrons. The lowest BCUT2D eigenvalue weighted by atomic mass is 9.56. The van der Waals surface area contributed by atoms with Crippen LogP contribution in [-0.2, 0) is 6.54 Å². The van der Waals surface area contributed by atoms with Gasteiger partial charge in [-0.1, -0.05) is 0 Å². The van der Waals surface area contributed by atoms with Gasteiger partial charge in [-0.2, -0.15) is 0 Å². The monoisotopic (exact) mass is 243 g/mol. The molecule has 0 amide bonds. The Hall–Kier alpha value is -0.760. The number of furan rings is 1. The van der Waals surface area contributed by atoms with Gasteiger partial charge in [-0.3, -0.25) is 0 Å². The predicted molar refractivity (Wildman–Crippen MR) is 68.9 cm³/mol.